The fraction of sp³-hybridized carbons (Fsp3) is 0.429. The van der Waals surface area contributed by atoms with E-state index in [1.54, 1.807) is 36.3 Å². The second kappa shape index (κ2) is 6.38. The first-order valence-corrected chi connectivity index (χ1v) is 6.51. The lowest BCUT2D eigenvalue weighted by molar-refractivity contribution is -0.142. The molecule has 1 saturated heterocycles. The number of hydrogen-bond donors (Lipinski definition) is 2. The van der Waals surface area contributed by atoms with Gasteiger partial charge in [0.2, 0.25) is 5.91 Å². The van der Waals surface area contributed by atoms with Crippen LogP contribution in [0.5, 0.6) is 5.75 Å². The van der Waals surface area contributed by atoms with Gasteiger partial charge in [-0.25, -0.2) is 0 Å². The Hall–Kier alpha value is -2.08. The predicted octanol–water partition coefficient (Wildman–Crippen LogP) is 1.18. The van der Waals surface area contributed by atoms with E-state index >= 15 is 0 Å². The summed E-state index contributed by atoms with van der Waals surface area (Å²) in [6.07, 6.45) is 1.41. The van der Waals surface area contributed by atoms with E-state index in [2.05, 4.69) is 5.32 Å². The third-order valence-corrected chi connectivity index (χ3v) is 3.37. The Kier molecular flexibility index (Phi) is 4.57. The number of anilines is 1. The highest BCUT2D eigenvalue weighted by molar-refractivity contribution is 5.92. The molecule has 0 bridgehead atoms. The monoisotopic (exact) mass is 278 g/mol. The van der Waals surface area contributed by atoms with Crippen LogP contribution >= 0.6 is 0 Å². The molecule has 1 amide bonds. The van der Waals surface area contributed by atoms with E-state index < -0.39 is 12.0 Å². The van der Waals surface area contributed by atoms with Crippen molar-refractivity contribution in [2.24, 2.45) is 0 Å². The smallest absolute Gasteiger partial charge is 0.320 e. The van der Waals surface area contributed by atoms with Gasteiger partial charge in [0, 0.05) is 5.69 Å². The van der Waals surface area contributed by atoms with Gasteiger partial charge in [-0.2, -0.15) is 0 Å². The van der Waals surface area contributed by atoms with Crippen LogP contribution in [0, 0.1) is 0 Å². The Morgan fingerprint density at radius 2 is 2.10 bits per heavy atom. The summed E-state index contributed by atoms with van der Waals surface area (Å²) in [5.74, 6) is -0.350. The van der Waals surface area contributed by atoms with Gasteiger partial charge in [-0.15, -0.1) is 0 Å². The van der Waals surface area contributed by atoms with Gasteiger partial charge in [0.05, 0.1) is 13.7 Å². The Bertz CT molecular complexity index is 486. The summed E-state index contributed by atoms with van der Waals surface area (Å²) in [6, 6.07) is 6.46. The lowest BCUT2D eigenvalue weighted by Crippen LogP contribution is -2.40. The molecule has 0 saturated carbocycles. The molecule has 0 aliphatic carbocycles. The maximum atomic E-state index is 11.9. The summed E-state index contributed by atoms with van der Waals surface area (Å²) in [7, 11) is 1.58. The van der Waals surface area contributed by atoms with Crippen molar-refractivity contribution >= 4 is 17.6 Å². The fourth-order valence-corrected chi connectivity index (χ4v) is 2.35. The Balaban J connectivity index is 1.90. The van der Waals surface area contributed by atoms with E-state index in [4.69, 9.17) is 9.84 Å². The number of carbonyl (C=O) groups is 2. The molecule has 0 aromatic heterocycles. The molecule has 1 atom stereocenters. The summed E-state index contributed by atoms with van der Waals surface area (Å²) >= 11 is 0. The van der Waals surface area contributed by atoms with E-state index in [-0.39, 0.29) is 12.5 Å². The molecule has 2 N–H and O–H groups in total. The molecule has 1 aliphatic rings. The average molecular weight is 278 g/mol. The molecule has 1 aliphatic heterocycles. The van der Waals surface area contributed by atoms with Gasteiger partial charge in [-0.05, 0) is 43.7 Å². The third kappa shape index (κ3) is 3.48. The predicted molar refractivity (Wildman–Crippen MR) is 73.9 cm³/mol. The molecule has 0 spiro atoms. The number of benzene rings is 1. The summed E-state index contributed by atoms with van der Waals surface area (Å²) in [5.41, 5.74) is 0.668. The Morgan fingerprint density at radius 1 is 1.40 bits per heavy atom. The molecule has 6 heteroatoms. The van der Waals surface area contributed by atoms with Crippen LogP contribution in [0.1, 0.15) is 12.8 Å². The number of carboxylic acid groups (broad SMARTS) is 1. The molecule has 1 aromatic carbocycles. The van der Waals surface area contributed by atoms with E-state index in [0.29, 0.717) is 24.4 Å². The number of ether oxygens (including phenoxy) is 1. The maximum Gasteiger partial charge on any atom is 0.320 e. The zero-order chi connectivity index (χ0) is 14.5. The number of nitrogens with zero attached hydrogens (tertiary/aromatic N) is 1. The number of nitrogens with one attached hydrogen (secondary N) is 1. The maximum absolute atomic E-state index is 11.9. The minimum atomic E-state index is -0.861. The first kappa shape index (κ1) is 14.3. The molecular weight excluding hydrogens is 260 g/mol. The molecule has 108 valence electrons. The van der Waals surface area contributed by atoms with Crippen LogP contribution in [0.25, 0.3) is 0 Å². The van der Waals surface area contributed by atoms with Gasteiger partial charge in [0.25, 0.3) is 0 Å². The fourth-order valence-electron chi connectivity index (χ4n) is 2.35. The highest BCUT2D eigenvalue weighted by Gasteiger charge is 2.31. The number of aliphatic carboxylic acids is 1. The number of amides is 1. The second-order valence-corrected chi connectivity index (χ2v) is 4.74. The number of hydrogen-bond acceptors (Lipinski definition) is 4. The zero-order valence-corrected chi connectivity index (χ0v) is 11.3. The van der Waals surface area contributed by atoms with Crippen LogP contribution in [0.15, 0.2) is 24.3 Å². The van der Waals surface area contributed by atoms with Crippen LogP contribution in [0.4, 0.5) is 5.69 Å². The van der Waals surface area contributed by atoms with Crippen molar-refractivity contribution in [1.82, 2.24) is 4.90 Å². The largest absolute Gasteiger partial charge is 0.497 e. The first-order chi connectivity index (χ1) is 9.60. The van der Waals surface area contributed by atoms with Gasteiger partial charge < -0.3 is 15.2 Å². The lowest BCUT2D eigenvalue weighted by Gasteiger charge is -2.20. The Labute approximate surface area is 117 Å². The number of likely N-dealkylation sites (tertiary alicyclic amines) is 1. The van der Waals surface area contributed by atoms with Crippen LogP contribution < -0.4 is 10.1 Å². The van der Waals surface area contributed by atoms with E-state index in [0.717, 1.165) is 6.42 Å². The van der Waals surface area contributed by atoms with Crippen LogP contribution in [0.2, 0.25) is 0 Å². The van der Waals surface area contributed by atoms with Gasteiger partial charge in [-0.3, -0.25) is 14.5 Å². The van der Waals surface area contributed by atoms with Crippen molar-refractivity contribution in [3.05, 3.63) is 24.3 Å². The minimum absolute atomic E-state index is 0.100. The van der Waals surface area contributed by atoms with E-state index in [1.807, 2.05) is 0 Å². The van der Waals surface area contributed by atoms with Crippen molar-refractivity contribution in [3.8, 4) is 5.75 Å². The molecule has 1 fully saturated rings. The topological polar surface area (TPSA) is 78.9 Å². The molecule has 1 heterocycles. The highest BCUT2D eigenvalue weighted by Crippen LogP contribution is 2.18. The minimum Gasteiger partial charge on any atom is -0.497 e. The standard InChI is InChI=1S/C14H18N2O4/c1-20-11-6-4-10(5-7-11)15-13(17)9-16-8-2-3-12(16)14(18)19/h4-7,12H,2-3,8-9H2,1H3,(H,15,17)(H,18,19)/t12-/m0/s1. The molecule has 0 unspecified atom stereocenters. The second-order valence-electron chi connectivity index (χ2n) is 4.74. The molecule has 2 rings (SSSR count). The molecular formula is C14H18N2O4. The quantitative estimate of drug-likeness (QED) is 0.845. The molecule has 20 heavy (non-hydrogen) atoms. The lowest BCUT2D eigenvalue weighted by atomic mass is 10.2. The average Bonchev–Trinajstić information content (AvgIpc) is 2.87. The number of methoxy groups -OCH3 is 1. The normalized spacial score (nSPS) is 18.8. The van der Waals surface area contributed by atoms with Gasteiger partial charge in [0.1, 0.15) is 11.8 Å². The summed E-state index contributed by atoms with van der Waals surface area (Å²) in [6.45, 7) is 0.746. The van der Waals surface area contributed by atoms with E-state index in [9.17, 15) is 9.59 Å². The Morgan fingerprint density at radius 3 is 2.70 bits per heavy atom. The summed E-state index contributed by atoms with van der Waals surface area (Å²) < 4.78 is 5.04. The van der Waals surface area contributed by atoms with E-state index in [1.165, 1.54) is 0 Å². The van der Waals surface area contributed by atoms with Crippen molar-refractivity contribution in [2.75, 3.05) is 25.5 Å². The van der Waals surface area contributed by atoms with Crippen LogP contribution in [-0.2, 0) is 9.59 Å². The zero-order valence-electron chi connectivity index (χ0n) is 11.3. The summed E-state index contributed by atoms with van der Waals surface area (Å²) in [4.78, 5) is 24.6. The summed E-state index contributed by atoms with van der Waals surface area (Å²) in [5, 5.41) is 11.8. The number of carbonyl (C=O) groups excluding carboxylic acids is 1. The van der Waals surface area contributed by atoms with Crippen molar-refractivity contribution < 1.29 is 19.4 Å². The van der Waals surface area contributed by atoms with Gasteiger partial charge in [0.15, 0.2) is 0 Å². The van der Waals surface area contributed by atoms with Crippen molar-refractivity contribution in [1.29, 1.82) is 0 Å². The van der Waals surface area contributed by atoms with Crippen LogP contribution in [0.3, 0.4) is 0 Å². The number of carboxylic acids is 1. The third-order valence-electron chi connectivity index (χ3n) is 3.37. The molecule has 1 aromatic rings. The molecule has 6 nitrogen and oxygen atoms in total. The van der Waals surface area contributed by atoms with Crippen LogP contribution in [-0.4, -0.2) is 48.1 Å². The van der Waals surface area contributed by atoms with Crippen molar-refractivity contribution in [3.63, 3.8) is 0 Å². The first-order valence-electron chi connectivity index (χ1n) is 6.51. The van der Waals surface area contributed by atoms with Crippen molar-refractivity contribution in [2.45, 2.75) is 18.9 Å². The molecule has 0 radical (unpaired) electrons. The highest BCUT2D eigenvalue weighted by atomic mass is 16.5. The van der Waals surface area contributed by atoms with Gasteiger partial charge >= 0.3 is 5.97 Å². The SMILES string of the molecule is COc1ccc(NC(=O)CN2CCC[C@H]2C(=O)O)cc1. The van der Waals surface area contributed by atoms with Gasteiger partial charge in [-0.1, -0.05) is 0 Å². The number of rotatable bonds is 5.